The molecule has 7 heteroatoms. The number of oxime groups is 1. The van der Waals surface area contributed by atoms with E-state index in [1.165, 1.54) is 7.11 Å². The van der Waals surface area contributed by atoms with Crippen molar-refractivity contribution in [3.05, 3.63) is 40.7 Å². The second kappa shape index (κ2) is 6.90. The molecular weight excluding hydrogens is 294 g/mol. The van der Waals surface area contributed by atoms with E-state index in [0.717, 1.165) is 17.5 Å². The van der Waals surface area contributed by atoms with E-state index >= 15 is 0 Å². The fraction of sp³-hybridized carbons (Fsp3) is 0.214. The number of halogens is 1. The number of aromatic nitrogens is 2. The second-order valence-corrected chi connectivity index (χ2v) is 4.71. The SMILES string of the molecule is CON=COC(=O)Cc1cnc(-c2ccc(Cl)cc2C)[nH]1. The van der Waals surface area contributed by atoms with E-state index in [1.54, 1.807) is 12.3 Å². The van der Waals surface area contributed by atoms with Gasteiger partial charge in [0, 0.05) is 22.5 Å². The minimum Gasteiger partial charge on any atom is -0.411 e. The smallest absolute Gasteiger partial charge is 0.318 e. The van der Waals surface area contributed by atoms with Crippen molar-refractivity contribution in [3.8, 4) is 11.4 Å². The third-order valence-corrected chi connectivity index (χ3v) is 2.97. The number of aromatic amines is 1. The molecule has 21 heavy (non-hydrogen) atoms. The van der Waals surface area contributed by atoms with Crippen LogP contribution in [0.2, 0.25) is 5.02 Å². The number of nitrogens with zero attached hydrogens (tertiary/aromatic N) is 2. The fourth-order valence-corrected chi connectivity index (χ4v) is 2.03. The standard InChI is InChI=1S/C14H14ClN3O3/c1-9-5-10(15)3-4-12(9)14-16-7-11(18-14)6-13(19)21-8-17-20-2/h3-5,7-8H,6H2,1-2H3,(H,16,18). The Balaban J connectivity index is 2.07. The van der Waals surface area contributed by atoms with Gasteiger partial charge in [0.05, 0.1) is 6.42 Å². The van der Waals surface area contributed by atoms with Crippen LogP contribution in [0.3, 0.4) is 0 Å². The average molecular weight is 308 g/mol. The number of carbonyl (C=O) groups excluding carboxylic acids is 1. The minimum atomic E-state index is -0.459. The van der Waals surface area contributed by atoms with Crippen molar-refractivity contribution in [1.82, 2.24) is 9.97 Å². The second-order valence-electron chi connectivity index (χ2n) is 4.28. The molecule has 0 spiro atoms. The molecular formula is C14H14ClN3O3. The first-order chi connectivity index (χ1) is 10.1. The number of benzene rings is 1. The number of nitrogens with one attached hydrogen (secondary N) is 1. The average Bonchev–Trinajstić information content (AvgIpc) is 2.87. The highest BCUT2D eigenvalue weighted by Gasteiger charge is 2.10. The van der Waals surface area contributed by atoms with E-state index in [4.69, 9.17) is 16.3 Å². The van der Waals surface area contributed by atoms with Crippen LogP contribution < -0.4 is 0 Å². The van der Waals surface area contributed by atoms with E-state index in [0.29, 0.717) is 16.5 Å². The van der Waals surface area contributed by atoms with E-state index in [9.17, 15) is 4.79 Å². The van der Waals surface area contributed by atoms with Crippen molar-refractivity contribution in [2.75, 3.05) is 7.11 Å². The Morgan fingerprint density at radius 1 is 1.52 bits per heavy atom. The molecule has 0 saturated heterocycles. The molecule has 0 unspecified atom stereocenters. The number of ether oxygens (including phenoxy) is 1. The third-order valence-electron chi connectivity index (χ3n) is 2.74. The van der Waals surface area contributed by atoms with Crippen LogP contribution in [0.4, 0.5) is 0 Å². The first kappa shape index (κ1) is 15.1. The highest BCUT2D eigenvalue weighted by molar-refractivity contribution is 6.30. The molecule has 2 rings (SSSR count). The molecule has 0 amide bonds. The van der Waals surface area contributed by atoms with E-state index < -0.39 is 5.97 Å². The monoisotopic (exact) mass is 307 g/mol. The Morgan fingerprint density at radius 3 is 3.05 bits per heavy atom. The van der Waals surface area contributed by atoms with Crippen LogP contribution in [0.1, 0.15) is 11.3 Å². The van der Waals surface area contributed by atoms with E-state index in [1.807, 2.05) is 19.1 Å². The Morgan fingerprint density at radius 2 is 2.33 bits per heavy atom. The summed E-state index contributed by atoms with van der Waals surface area (Å²) in [5, 5.41) is 3.99. The summed E-state index contributed by atoms with van der Waals surface area (Å²) in [6, 6.07) is 5.53. The van der Waals surface area contributed by atoms with Gasteiger partial charge in [-0.2, -0.15) is 0 Å². The van der Waals surface area contributed by atoms with Gasteiger partial charge in [-0.25, -0.2) is 4.98 Å². The number of aryl methyl sites for hydroxylation is 1. The van der Waals surface area contributed by atoms with Crippen LogP contribution in [0.5, 0.6) is 0 Å². The maximum absolute atomic E-state index is 11.5. The van der Waals surface area contributed by atoms with Gasteiger partial charge in [-0.05, 0) is 30.7 Å². The van der Waals surface area contributed by atoms with Gasteiger partial charge in [0.2, 0.25) is 6.40 Å². The summed E-state index contributed by atoms with van der Waals surface area (Å²) in [6.07, 6.45) is 2.61. The normalized spacial score (nSPS) is 10.8. The van der Waals surface area contributed by atoms with Gasteiger partial charge in [-0.15, -0.1) is 0 Å². The molecule has 6 nitrogen and oxygen atoms in total. The number of carbonyl (C=O) groups is 1. The van der Waals surface area contributed by atoms with Crippen molar-refractivity contribution in [2.45, 2.75) is 13.3 Å². The fourth-order valence-electron chi connectivity index (χ4n) is 1.80. The maximum Gasteiger partial charge on any atom is 0.318 e. The van der Waals surface area contributed by atoms with Gasteiger partial charge in [-0.3, -0.25) is 4.79 Å². The summed E-state index contributed by atoms with van der Waals surface area (Å²) >= 11 is 5.92. The van der Waals surface area contributed by atoms with Crippen molar-refractivity contribution >= 4 is 24.0 Å². The number of esters is 1. The molecule has 0 radical (unpaired) electrons. The number of imidazole rings is 1. The van der Waals surface area contributed by atoms with E-state index in [2.05, 4.69) is 20.0 Å². The summed E-state index contributed by atoms with van der Waals surface area (Å²) in [5.41, 5.74) is 2.58. The molecule has 1 N–H and O–H groups in total. The molecule has 1 heterocycles. The van der Waals surface area contributed by atoms with Gasteiger partial charge < -0.3 is 14.6 Å². The van der Waals surface area contributed by atoms with Gasteiger partial charge in [0.25, 0.3) is 0 Å². The zero-order chi connectivity index (χ0) is 15.2. The van der Waals surface area contributed by atoms with Crippen molar-refractivity contribution in [2.24, 2.45) is 5.16 Å². The van der Waals surface area contributed by atoms with Crippen LogP contribution in [0.15, 0.2) is 29.6 Å². The molecule has 110 valence electrons. The van der Waals surface area contributed by atoms with Crippen LogP contribution >= 0.6 is 11.6 Å². The quantitative estimate of drug-likeness (QED) is 0.399. The van der Waals surface area contributed by atoms with E-state index in [-0.39, 0.29) is 6.42 Å². The highest BCUT2D eigenvalue weighted by atomic mass is 35.5. The molecule has 0 atom stereocenters. The highest BCUT2D eigenvalue weighted by Crippen LogP contribution is 2.23. The molecule has 2 aromatic rings. The van der Waals surface area contributed by atoms with Crippen LogP contribution in [0.25, 0.3) is 11.4 Å². The Bertz CT molecular complexity index is 667. The van der Waals surface area contributed by atoms with Crippen LogP contribution in [-0.4, -0.2) is 29.4 Å². The summed E-state index contributed by atoms with van der Waals surface area (Å²) < 4.78 is 4.72. The lowest BCUT2D eigenvalue weighted by Crippen LogP contribution is -2.07. The topological polar surface area (TPSA) is 76.6 Å². The third kappa shape index (κ3) is 4.06. The van der Waals surface area contributed by atoms with Crippen LogP contribution in [-0.2, 0) is 20.8 Å². The lowest BCUT2D eigenvalue weighted by Gasteiger charge is -2.02. The lowest BCUT2D eigenvalue weighted by molar-refractivity contribution is -0.134. The van der Waals surface area contributed by atoms with Crippen molar-refractivity contribution in [3.63, 3.8) is 0 Å². The summed E-state index contributed by atoms with van der Waals surface area (Å²) in [5.74, 6) is 0.219. The zero-order valence-corrected chi connectivity index (χ0v) is 12.3. The molecule has 0 fully saturated rings. The first-order valence-electron chi connectivity index (χ1n) is 6.15. The molecule has 0 bridgehead atoms. The largest absolute Gasteiger partial charge is 0.411 e. The van der Waals surface area contributed by atoms with Gasteiger partial charge in [0.1, 0.15) is 12.9 Å². The molecule has 0 saturated carbocycles. The van der Waals surface area contributed by atoms with Crippen molar-refractivity contribution in [1.29, 1.82) is 0 Å². The number of hydrogen-bond acceptors (Lipinski definition) is 5. The number of H-pyrrole nitrogens is 1. The predicted octanol–water partition coefficient (Wildman–Crippen LogP) is 2.71. The summed E-state index contributed by atoms with van der Waals surface area (Å²) in [4.78, 5) is 23.2. The first-order valence-corrected chi connectivity index (χ1v) is 6.53. The number of hydrogen-bond donors (Lipinski definition) is 1. The summed E-state index contributed by atoms with van der Waals surface area (Å²) in [7, 11) is 1.36. The van der Waals surface area contributed by atoms with Crippen molar-refractivity contribution < 1.29 is 14.4 Å². The van der Waals surface area contributed by atoms with Gasteiger partial charge in [-0.1, -0.05) is 16.8 Å². The molecule has 0 aliphatic heterocycles. The molecule has 0 aliphatic rings. The predicted molar refractivity (Wildman–Crippen MR) is 79.1 cm³/mol. The Labute approximate surface area is 126 Å². The lowest BCUT2D eigenvalue weighted by atomic mass is 10.1. The Kier molecular flexibility index (Phi) is 4.94. The maximum atomic E-state index is 11.5. The minimum absolute atomic E-state index is 0.0649. The Hall–Kier alpha value is -2.34. The van der Waals surface area contributed by atoms with Gasteiger partial charge >= 0.3 is 5.97 Å². The molecule has 1 aromatic carbocycles. The summed E-state index contributed by atoms with van der Waals surface area (Å²) in [6.45, 7) is 1.94. The zero-order valence-electron chi connectivity index (χ0n) is 11.6. The van der Waals surface area contributed by atoms with Crippen LogP contribution in [0, 0.1) is 6.92 Å². The van der Waals surface area contributed by atoms with Gasteiger partial charge in [0.15, 0.2) is 0 Å². The molecule has 0 aliphatic carbocycles. The number of rotatable bonds is 5. The molecule has 1 aromatic heterocycles.